The van der Waals surface area contributed by atoms with Gasteiger partial charge in [-0.1, -0.05) is 88.4 Å². The van der Waals surface area contributed by atoms with Gasteiger partial charge in [-0.15, -0.1) is 0 Å². The molecule has 0 aromatic heterocycles. The normalized spacial score (nSPS) is 13.0. The number of benzene rings is 3. The maximum absolute atomic E-state index is 10.4. The summed E-state index contributed by atoms with van der Waals surface area (Å²) < 4.78 is 12.0. The molecule has 2 N–H and O–H groups in total. The lowest BCUT2D eigenvalue weighted by Gasteiger charge is -2.17. The fourth-order valence-electron chi connectivity index (χ4n) is 3.98. The number of unbranched alkanes of at least 4 members (excludes halogenated alkanes) is 4. The molecular formula is C30H40O4S. The van der Waals surface area contributed by atoms with Crippen LogP contribution in [0.5, 0.6) is 11.5 Å². The van der Waals surface area contributed by atoms with Gasteiger partial charge in [0.25, 0.3) is 0 Å². The second-order valence-electron chi connectivity index (χ2n) is 9.11. The maximum atomic E-state index is 10.4. The van der Waals surface area contributed by atoms with E-state index in [4.69, 9.17) is 9.47 Å². The monoisotopic (exact) mass is 496 g/mol. The molecule has 5 heteroatoms. The molecule has 0 spiro atoms. The Balaban J connectivity index is 1.76. The van der Waals surface area contributed by atoms with Crippen LogP contribution >= 0.6 is 11.8 Å². The Morgan fingerprint density at radius 3 is 2.06 bits per heavy atom. The minimum Gasteiger partial charge on any atom is -0.491 e. The molecule has 2 unspecified atom stereocenters. The molecule has 35 heavy (non-hydrogen) atoms. The van der Waals surface area contributed by atoms with Gasteiger partial charge in [0, 0.05) is 4.90 Å². The van der Waals surface area contributed by atoms with E-state index in [2.05, 4.69) is 32.0 Å². The van der Waals surface area contributed by atoms with Crippen molar-refractivity contribution in [3.05, 3.63) is 60.7 Å². The first-order chi connectivity index (χ1) is 17.1. The van der Waals surface area contributed by atoms with E-state index in [0.717, 1.165) is 83.4 Å². The molecule has 3 aromatic carbocycles. The highest BCUT2D eigenvalue weighted by molar-refractivity contribution is 7.99. The summed E-state index contributed by atoms with van der Waals surface area (Å²) in [5.74, 6) is 1.53. The zero-order valence-corrected chi connectivity index (χ0v) is 21.9. The molecular weight excluding hydrogens is 456 g/mol. The number of hydrogen-bond acceptors (Lipinski definition) is 5. The van der Waals surface area contributed by atoms with Crippen molar-refractivity contribution in [1.29, 1.82) is 0 Å². The average Bonchev–Trinajstić information content (AvgIpc) is 2.88. The average molecular weight is 497 g/mol. The minimum atomic E-state index is -0.466. The lowest BCUT2D eigenvalue weighted by atomic mass is 10.1. The first-order valence-electron chi connectivity index (χ1n) is 13.0. The summed E-state index contributed by atoms with van der Waals surface area (Å²) in [7, 11) is 0. The Hall–Kier alpha value is -2.21. The summed E-state index contributed by atoms with van der Waals surface area (Å²) in [6.45, 7) is 4.92. The van der Waals surface area contributed by atoms with Crippen LogP contribution in [0.15, 0.2) is 70.5 Å². The number of aliphatic hydroxyl groups excluding tert-OH is 2. The Labute approximate surface area is 214 Å². The fraction of sp³-hybridized carbons (Fsp3) is 0.467. The molecule has 3 rings (SSSR count). The maximum Gasteiger partial charge on any atom is 0.134 e. The smallest absolute Gasteiger partial charge is 0.134 e. The second-order valence-corrected chi connectivity index (χ2v) is 10.2. The van der Waals surface area contributed by atoms with Crippen molar-refractivity contribution in [2.24, 2.45) is 0 Å². The van der Waals surface area contributed by atoms with Crippen molar-refractivity contribution in [2.45, 2.75) is 87.2 Å². The number of hydrogen-bond donors (Lipinski definition) is 2. The van der Waals surface area contributed by atoms with Crippen molar-refractivity contribution in [1.82, 2.24) is 0 Å². The number of ether oxygens (including phenoxy) is 2. The van der Waals surface area contributed by atoms with Gasteiger partial charge in [-0.2, -0.15) is 0 Å². The molecule has 0 bridgehead atoms. The van der Waals surface area contributed by atoms with Crippen LogP contribution in [0.3, 0.4) is 0 Å². The van der Waals surface area contributed by atoms with Crippen molar-refractivity contribution >= 4 is 22.5 Å². The predicted molar refractivity (Wildman–Crippen MR) is 146 cm³/mol. The van der Waals surface area contributed by atoms with Gasteiger partial charge in [-0.05, 0) is 60.0 Å². The van der Waals surface area contributed by atoms with Gasteiger partial charge in [-0.25, -0.2) is 0 Å². The van der Waals surface area contributed by atoms with Gasteiger partial charge in [-0.3, -0.25) is 0 Å². The van der Waals surface area contributed by atoms with Crippen LogP contribution in [-0.2, 0) is 0 Å². The largest absolute Gasteiger partial charge is 0.491 e. The van der Waals surface area contributed by atoms with Gasteiger partial charge in [0.1, 0.15) is 24.7 Å². The van der Waals surface area contributed by atoms with Gasteiger partial charge in [0.05, 0.1) is 17.1 Å². The van der Waals surface area contributed by atoms with Crippen LogP contribution in [0.4, 0.5) is 0 Å². The number of fused-ring (bicyclic) bond motifs is 1. The van der Waals surface area contributed by atoms with Crippen molar-refractivity contribution in [2.75, 3.05) is 13.2 Å². The van der Waals surface area contributed by atoms with E-state index in [9.17, 15) is 10.2 Å². The molecule has 0 amide bonds. The Morgan fingerprint density at radius 1 is 0.743 bits per heavy atom. The van der Waals surface area contributed by atoms with E-state index in [1.807, 2.05) is 42.5 Å². The van der Waals surface area contributed by atoms with Gasteiger partial charge in [0.15, 0.2) is 0 Å². The van der Waals surface area contributed by atoms with Gasteiger partial charge in [0.2, 0.25) is 0 Å². The molecule has 3 aromatic rings. The molecule has 2 atom stereocenters. The zero-order chi connectivity index (χ0) is 24.9. The topological polar surface area (TPSA) is 58.9 Å². The molecule has 4 nitrogen and oxygen atoms in total. The predicted octanol–water partition coefficient (Wildman–Crippen LogP) is 7.63. The van der Waals surface area contributed by atoms with Gasteiger partial charge >= 0.3 is 0 Å². The van der Waals surface area contributed by atoms with E-state index in [1.54, 1.807) is 11.8 Å². The Morgan fingerprint density at radius 2 is 1.40 bits per heavy atom. The zero-order valence-electron chi connectivity index (χ0n) is 21.1. The first-order valence-corrected chi connectivity index (χ1v) is 13.8. The fourth-order valence-corrected chi connectivity index (χ4v) is 5.03. The molecule has 0 aliphatic heterocycles. The molecule has 0 aliphatic carbocycles. The van der Waals surface area contributed by atoms with Crippen molar-refractivity contribution in [3.8, 4) is 11.5 Å². The summed E-state index contributed by atoms with van der Waals surface area (Å²) >= 11 is 1.66. The highest BCUT2D eigenvalue weighted by Gasteiger charge is 2.14. The molecule has 0 fully saturated rings. The third-order valence-electron chi connectivity index (χ3n) is 6.02. The molecule has 0 saturated heterocycles. The molecule has 190 valence electrons. The van der Waals surface area contributed by atoms with E-state index < -0.39 is 12.2 Å². The molecule has 0 saturated carbocycles. The highest BCUT2D eigenvalue weighted by Crippen LogP contribution is 2.41. The van der Waals surface area contributed by atoms with Crippen LogP contribution < -0.4 is 9.47 Å². The van der Waals surface area contributed by atoms with E-state index >= 15 is 0 Å². The number of aliphatic hydroxyl groups is 2. The summed E-state index contributed by atoms with van der Waals surface area (Å²) in [5.41, 5.74) is 0. The lowest BCUT2D eigenvalue weighted by molar-refractivity contribution is 0.0963. The van der Waals surface area contributed by atoms with Crippen LogP contribution in [-0.4, -0.2) is 35.6 Å². The number of rotatable bonds is 16. The third-order valence-corrected chi connectivity index (χ3v) is 7.16. The van der Waals surface area contributed by atoms with E-state index in [-0.39, 0.29) is 6.61 Å². The van der Waals surface area contributed by atoms with Crippen molar-refractivity contribution in [3.63, 3.8) is 0 Å². The summed E-state index contributed by atoms with van der Waals surface area (Å²) in [6, 6.07) is 20.3. The highest BCUT2D eigenvalue weighted by atomic mass is 32.2. The van der Waals surface area contributed by atoms with Crippen molar-refractivity contribution < 1.29 is 19.7 Å². The van der Waals surface area contributed by atoms with E-state index in [0.29, 0.717) is 6.61 Å². The summed E-state index contributed by atoms with van der Waals surface area (Å²) in [4.78, 5) is 2.16. The first kappa shape index (κ1) is 27.4. The third kappa shape index (κ3) is 9.06. The van der Waals surface area contributed by atoms with Crippen LogP contribution in [0.1, 0.15) is 65.2 Å². The molecule has 0 radical (unpaired) electrons. The summed E-state index contributed by atoms with van der Waals surface area (Å²) in [6.07, 6.45) is 7.20. The molecule has 0 heterocycles. The lowest BCUT2D eigenvalue weighted by Crippen LogP contribution is -2.17. The second kappa shape index (κ2) is 15.0. The Bertz CT molecular complexity index is 1010. The SMILES string of the molecule is CCCCCC(O)COc1ccc2c(Sc3ccccc3)c(OCC(O)CCCCC)ccc2c1. The minimum absolute atomic E-state index is 0.286. The van der Waals surface area contributed by atoms with Crippen LogP contribution in [0.25, 0.3) is 10.8 Å². The van der Waals surface area contributed by atoms with Crippen LogP contribution in [0.2, 0.25) is 0 Å². The van der Waals surface area contributed by atoms with E-state index in [1.165, 1.54) is 0 Å². The summed E-state index contributed by atoms with van der Waals surface area (Å²) in [5, 5.41) is 22.7. The van der Waals surface area contributed by atoms with Gasteiger partial charge < -0.3 is 19.7 Å². The molecule has 0 aliphatic rings. The quantitative estimate of drug-likeness (QED) is 0.200. The van der Waals surface area contributed by atoms with Crippen LogP contribution in [0, 0.1) is 0 Å². The Kier molecular flexibility index (Phi) is 11.8. The standard InChI is InChI=1S/C30H40O4S/c1-3-5-8-12-24(31)21-33-26-17-18-28-23(20-26)16-19-29(34-22-25(32)13-9-6-4-2)30(28)35-27-14-10-7-11-15-27/h7,10-11,14-20,24-25,31-32H,3-6,8-9,12-13,21-22H2,1-2H3.